The lowest BCUT2D eigenvalue weighted by atomic mass is 10.0. The fraction of sp³-hybridized carbons (Fsp3) is 0.526. The van der Waals surface area contributed by atoms with E-state index in [0.717, 1.165) is 55.5 Å². The molecule has 0 bridgehead atoms. The summed E-state index contributed by atoms with van der Waals surface area (Å²) in [4.78, 5) is 20.8. The van der Waals surface area contributed by atoms with Gasteiger partial charge in [-0.15, -0.1) is 11.3 Å². The molecular formula is C19H26N6S. The number of fused-ring (bicyclic) bond motifs is 1. The Balaban J connectivity index is 1.42. The molecule has 0 aliphatic carbocycles. The Morgan fingerprint density at radius 1 is 1.23 bits per heavy atom. The van der Waals surface area contributed by atoms with Crippen molar-refractivity contribution in [3.05, 3.63) is 35.5 Å². The van der Waals surface area contributed by atoms with Gasteiger partial charge in [0, 0.05) is 42.9 Å². The molecule has 1 aliphatic rings. The number of aryl methyl sites for hydroxylation is 2. The van der Waals surface area contributed by atoms with Crippen molar-refractivity contribution in [2.24, 2.45) is 0 Å². The third-order valence-electron chi connectivity index (χ3n) is 5.35. The van der Waals surface area contributed by atoms with E-state index in [-0.39, 0.29) is 0 Å². The molecule has 138 valence electrons. The van der Waals surface area contributed by atoms with Gasteiger partial charge in [0.15, 0.2) is 0 Å². The summed E-state index contributed by atoms with van der Waals surface area (Å²) in [6.07, 6.45) is 7.97. The highest BCUT2D eigenvalue weighted by atomic mass is 32.1. The summed E-state index contributed by atoms with van der Waals surface area (Å²) in [5.74, 6) is 2.26. The Morgan fingerprint density at radius 2 is 2.04 bits per heavy atom. The predicted octanol–water partition coefficient (Wildman–Crippen LogP) is 3.32. The first-order chi connectivity index (χ1) is 12.7. The number of imidazole rings is 1. The first-order valence-corrected chi connectivity index (χ1v) is 10.1. The summed E-state index contributed by atoms with van der Waals surface area (Å²) in [7, 11) is 2.22. The summed E-state index contributed by atoms with van der Waals surface area (Å²) in [5, 5.41) is 1.20. The molecule has 7 heteroatoms. The molecule has 1 aliphatic heterocycles. The van der Waals surface area contributed by atoms with E-state index >= 15 is 0 Å². The molecular weight excluding hydrogens is 344 g/mol. The molecule has 0 atom stereocenters. The normalized spacial score (nSPS) is 16.1. The smallest absolute Gasteiger partial charge is 0.140 e. The Morgan fingerprint density at radius 3 is 2.81 bits per heavy atom. The van der Waals surface area contributed by atoms with Gasteiger partial charge in [-0.05, 0) is 39.8 Å². The number of piperidine rings is 1. The zero-order valence-corrected chi connectivity index (χ0v) is 16.5. The molecule has 0 amide bonds. The van der Waals surface area contributed by atoms with Gasteiger partial charge in [0.25, 0.3) is 0 Å². The number of nitrogens with zero attached hydrogens (tertiary/aromatic N) is 6. The Bertz CT molecular complexity index is 877. The van der Waals surface area contributed by atoms with Crippen molar-refractivity contribution in [1.29, 1.82) is 0 Å². The number of hydrogen-bond acceptors (Lipinski definition) is 6. The summed E-state index contributed by atoms with van der Waals surface area (Å²) < 4.78 is 2.22. The third kappa shape index (κ3) is 3.33. The van der Waals surface area contributed by atoms with Gasteiger partial charge in [0.05, 0.1) is 11.9 Å². The predicted molar refractivity (Wildman–Crippen MR) is 107 cm³/mol. The number of aromatic nitrogens is 4. The second-order valence-corrected chi connectivity index (χ2v) is 8.27. The van der Waals surface area contributed by atoms with Crippen molar-refractivity contribution in [3.63, 3.8) is 0 Å². The number of rotatable bonds is 5. The SMILES string of the molecule is CCn1ccnc1CN(C)C1CCN(c2ncnc3sc(C)cc23)CC1. The highest BCUT2D eigenvalue weighted by Crippen LogP contribution is 2.31. The van der Waals surface area contributed by atoms with Gasteiger partial charge in [-0.3, -0.25) is 4.90 Å². The van der Waals surface area contributed by atoms with E-state index in [1.54, 1.807) is 17.7 Å². The first-order valence-electron chi connectivity index (χ1n) is 9.32. The lowest BCUT2D eigenvalue weighted by Crippen LogP contribution is -2.43. The molecule has 1 saturated heterocycles. The van der Waals surface area contributed by atoms with Crippen LogP contribution in [0.4, 0.5) is 5.82 Å². The van der Waals surface area contributed by atoms with Gasteiger partial charge >= 0.3 is 0 Å². The van der Waals surface area contributed by atoms with E-state index < -0.39 is 0 Å². The summed E-state index contributed by atoms with van der Waals surface area (Å²) in [6.45, 7) is 8.27. The van der Waals surface area contributed by atoms with E-state index in [2.05, 4.69) is 62.5 Å². The van der Waals surface area contributed by atoms with Crippen molar-refractivity contribution in [2.45, 2.75) is 45.8 Å². The van der Waals surface area contributed by atoms with Gasteiger partial charge in [0.1, 0.15) is 22.8 Å². The van der Waals surface area contributed by atoms with E-state index in [1.807, 2.05) is 6.20 Å². The largest absolute Gasteiger partial charge is 0.356 e. The zero-order chi connectivity index (χ0) is 18.1. The average Bonchev–Trinajstić information content (AvgIpc) is 3.26. The Kier molecular flexibility index (Phi) is 4.91. The monoisotopic (exact) mass is 370 g/mol. The quantitative estimate of drug-likeness (QED) is 0.690. The molecule has 26 heavy (non-hydrogen) atoms. The van der Waals surface area contributed by atoms with Gasteiger partial charge in [-0.1, -0.05) is 0 Å². The van der Waals surface area contributed by atoms with Crippen LogP contribution in [0, 0.1) is 6.92 Å². The van der Waals surface area contributed by atoms with E-state index in [9.17, 15) is 0 Å². The molecule has 3 aromatic rings. The van der Waals surface area contributed by atoms with Crippen LogP contribution in [0.3, 0.4) is 0 Å². The van der Waals surface area contributed by atoms with Gasteiger partial charge in [-0.2, -0.15) is 0 Å². The molecule has 0 aromatic carbocycles. The number of thiophene rings is 1. The summed E-state index contributed by atoms with van der Waals surface area (Å²) >= 11 is 1.75. The van der Waals surface area contributed by atoms with Crippen molar-refractivity contribution in [2.75, 3.05) is 25.0 Å². The minimum Gasteiger partial charge on any atom is -0.356 e. The Labute approximate surface area is 158 Å². The highest BCUT2D eigenvalue weighted by molar-refractivity contribution is 7.18. The van der Waals surface area contributed by atoms with Gasteiger partial charge in [0.2, 0.25) is 0 Å². The van der Waals surface area contributed by atoms with Crippen LogP contribution in [0.5, 0.6) is 0 Å². The zero-order valence-electron chi connectivity index (χ0n) is 15.7. The van der Waals surface area contributed by atoms with Crippen LogP contribution in [0.25, 0.3) is 10.2 Å². The molecule has 0 N–H and O–H groups in total. The van der Waals surface area contributed by atoms with Crippen LogP contribution in [0.1, 0.15) is 30.5 Å². The lowest BCUT2D eigenvalue weighted by Gasteiger charge is -2.37. The van der Waals surface area contributed by atoms with Gasteiger partial charge in [-0.25, -0.2) is 15.0 Å². The molecule has 0 radical (unpaired) electrons. The molecule has 0 saturated carbocycles. The van der Waals surface area contributed by atoms with Crippen LogP contribution in [-0.4, -0.2) is 50.6 Å². The first kappa shape index (κ1) is 17.4. The van der Waals surface area contributed by atoms with Crippen LogP contribution in [0.15, 0.2) is 24.8 Å². The van der Waals surface area contributed by atoms with Crippen LogP contribution in [-0.2, 0) is 13.1 Å². The fourth-order valence-corrected chi connectivity index (χ4v) is 4.71. The second-order valence-electron chi connectivity index (χ2n) is 7.04. The minimum absolute atomic E-state index is 0.592. The minimum atomic E-state index is 0.592. The Hall–Kier alpha value is -1.99. The lowest BCUT2D eigenvalue weighted by molar-refractivity contribution is 0.194. The van der Waals surface area contributed by atoms with Crippen LogP contribution >= 0.6 is 11.3 Å². The third-order valence-corrected chi connectivity index (χ3v) is 6.31. The number of anilines is 1. The van der Waals surface area contributed by atoms with E-state index in [0.29, 0.717) is 6.04 Å². The van der Waals surface area contributed by atoms with E-state index in [1.165, 1.54) is 10.3 Å². The second kappa shape index (κ2) is 7.32. The average molecular weight is 371 g/mol. The maximum atomic E-state index is 4.59. The van der Waals surface area contributed by atoms with Crippen LogP contribution < -0.4 is 4.90 Å². The van der Waals surface area contributed by atoms with Crippen molar-refractivity contribution in [3.8, 4) is 0 Å². The molecule has 0 spiro atoms. The maximum absolute atomic E-state index is 4.59. The van der Waals surface area contributed by atoms with Gasteiger partial charge < -0.3 is 9.47 Å². The summed E-state index contributed by atoms with van der Waals surface area (Å²) in [6, 6.07) is 2.81. The topological polar surface area (TPSA) is 50.1 Å². The van der Waals surface area contributed by atoms with Crippen molar-refractivity contribution >= 4 is 27.4 Å². The molecule has 3 aromatic heterocycles. The fourth-order valence-electron chi connectivity index (χ4n) is 3.87. The highest BCUT2D eigenvalue weighted by Gasteiger charge is 2.25. The van der Waals surface area contributed by atoms with E-state index in [4.69, 9.17) is 0 Å². The molecule has 6 nitrogen and oxygen atoms in total. The van der Waals surface area contributed by atoms with Crippen molar-refractivity contribution in [1.82, 2.24) is 24.4 Å². The molecule has 4 rings (SSSR count). The summed E-state index contributed by atoms with van der Waals surface area (Å²) in [5.41, 5.74) is 0. The maximum Gasteiger partial charge on any atom is 0.140 e. The standard InChI is InChI=1S/C19H26N6S/c1-4-24-10-7-20-17(24)12-23(3)15-5-8-25(9-6-15)18-16-11-14(2)26-19(16)22-13-21-18/h7,10-11,13,15H,4-6,8-9,12H2,1-3H3. The van der Waals surface area contributed by atoms with Crippen molar-refractivity contribution < 1.29 is 0 Å². The molecule has 1 fully saturated rings. The number of hydrogen-bond donors (Lipinski definition) is 0. The van der Waals surface area contributed by atoms with Crippen LogP contribution in [0.2, 0.25) is 0 Å². The molecule has 4 heterocycles. The molecule has 0 unspecified atom stereocenters.